The number of unbranched alkanes of at least 4 members (excludes halogenated alkanes) is 1. The molecule has 2 aromatic heterocycles. The highest BCUT2D eigenvalue weighted by Gasteiger charge is 2.19. The van der Waals surface area contributed by atoms with Crippen molar-refractivity contribution >= 4 is 17.7 Å². The molecule has 0 aliphatic rings. The molecule has 0 saturated heterocycles. The number of nitrogens with zero attached hydrogens (tertiary/aromatic N) is 2. The zero-order chi connectivity index (χ0) is 20.6. The summed E-state index contributed by atoms with van der Waals surface area (Å²) in [5, 5.41) is 3.61. The lowest BCUT2D eigenvalue weighted by Crippen LogP contribution is -2.27. The molecule has 0 unspecified atom stereocenters. The van der Waals surface area contributed by atoms with Gasteiger partial charge in [-0.2, -0.15) is 0 Å². The zero-order valence-electron chi connectivity index (χ0n) is 16.9. The maximum Gasteiger partial charge on any atom is 0.255 e. The van der Waals surface area contributed by atoms with Gasteiger partial charge in [0.1, 0.15) is 10.8 Å². The average molecular weight is 412 g/mol. The van der Waals surface area contributed by atoms with Crippen LogP contribution in [0.15, 0.2) is 52.1 Å². The second kappa shape index (κ2) is 10.1. The summed E-state index contributed by atoms with van der Waals surface area (Å²) < 4.78 is 11.1. The van der Waals surface area contributed by atoms with Gasteiger partial charge < -0.3 is 14.5 Å². The highest BCUT2D eigenvalue weighted by molar-refractivity contribution is 7.98. The Morgan fingerprint density at radius 3 is 2.62 bits per heavy atom. The van der Waals surface area contributed by atoms with Crippen molar-refractivity contribution in [2.24, 2.45) is 0 Å². The van der Waals surface area contributed by atoms with E-state index in [-0.39, 0.29) is 5.91 Å². The van der Waals surface area contributed by atoms with Crippen LogP contribution in [-0.4, -0.2) is 35.3 Å². The van der Waals surface area contributed by atoms with E-state index < -0.39 is 0 Å². The number of carbonyl (C=O) groups is 1. The van der Waals surface area contributed by atoms with Crippen molar-refractivity contribution in [3.05, 3.63) is 59.5 Å². The monoisotopic (exact) mass is 411 g/mol. The van der Waals surface area contributed by atoms with Gasteiger partial charge in [-0.25, -0.2) is 9.97 Å². The van der Waals surface area contributed by atoms with Gasteiger partial charge in [0, 0.05) is 6.54 Å². The predicted octanol–water partition coefficient (Wildman–Crippen LogP) is 4.66. The number of thioether (sulfide) groups is 1. The Hall–Kier alpha value is -2.80. The molecule has 0 aliphatic heterocycles. The Morgan fingerprint density at radius 1 is 1.14 bits per heavy atom. The quantitative estimate of drug-likeness (QED) is 0.313. The number of aryl methyl sites for hydroxylation is 2. The van der Waals surface area contributed by atoms with Crippen molar-refractivity contribution in [2.45, 2.75) is 31.7 Å². The molecule has 3 aromatic rings. The van der Waals surface area contributed by atoms with Crippen LogP contribution in [0.5, 0.6) is 5.75 Å². The van der Waals surface area contributed by atoms with E-state index in [0.717, 1.165) is 18.6 Å². The molecule has 0 saturated carbocycles. The van der Waals surface area contributed by atoms with Gasteiger partial charge in [-0.15, -0.1) is 11.8 Å². The summed E-state index contributed by atoms with van der Waals surface area (Å²) >= 11 is 1.42. The Labute approximate surface area is 175 Å². The number of hydrogen-bond donors (Lipinski definition) is 1. The van der Waals surface area contributed by atoms with Crippen LogP contribution in [0.2, 0.25) is 0 Å². The van der Waals surface area contributed by atoms with Crippen molar-refractivity contribution in [1.82, 2.24) is 15.3 Å². The predicted molar refractivity (Wildman–Crippen MR) is 114 cm³/mol. The molecule has 6 nitrogen and oxygen atoms in total. The first-order valence-electron chi connectivity index (χ1n) is 9.52. The van der Waals surface area contributed by atoms with E-state index in [1.54, 1.807) is 18.4 Å². The van der Waals surface area contributed by atoms with Crippen molar-refractivity contribution < 1.29 is 13.9 Å². The van der Waals surface area contributed by atoms with E-state index in [4.69, 9.17) is 9.15 Å². The number of ether oxygens (including phenoxy) is 1. The smallest absolute Gasteiger partial charge is 0.255 e. The summed E-state index contributed by atoms with van der Waals surface area (Å²) in [4.78, 5) is 21.6. The number of furan rings is 1. The number of rotatable bonds is 9. The number of amides is 1. The molecular formula is C22H25N3O3S. The first-order valence-corrected chi connectivity index (χ1v) is 10.7. The summed E-state index contributed by atoms with van der Waals surface area (Å²) in [5.74, 6) is 1.79. The molecule has 0 bridgehead atoms. The highest BCUT2D eigenvalue weighted by atomic mass is 32.2. The lowest BCUT2D eigenvalue weighted by molar-refractivity contribution is 0.0947. The lowest BCUT2D eigenvalue weighted by Gasteiger charge is -2.12. The first-order chi connectivity index (χ1) is 14.1. The number of carbonyl (C=O) groups excluding carboxylic acids is 1. The normalized spacial score (nSPS) is 10.7. The third-order valence-corrected chi connectivity index (χ3v) is 5.05. The standard InChI is InChI=1S/C22H25N3O3S/c1-15-8-10-17(11-9-15)27-13-5-4-12-23-21(26)19-16(2)24-20(25-22(19)29-3)18-7-6-14-28-18/h6-11,14H,4-5,12-13H2,1-3H3,(H,23,26). The van der Waals surface area contributed by atoms with Crippen LogP contribution in [0.25, 0.3) is 11.6 Å². The minimum atomic E-state index is -0.155. The minimum Gasteiger partial charge on any atom is -0.494 e. The van der Waals surface area contributed by atoms with E-state index in [9.17, 15) is 4.79 Å². The molecule has 0 radical (unpaired) electrons. The molecule has 3 rings (SSSR count). The summed E-state index contributed by atoms with van der Waals surface area (Å²) in [7, 11) is 0. The topological polar surface area (TPSA) is 77.2 Å². The van der Waals surface area contributed by atoms with Crippen LogP contribution in [0.1, 0.15) is 34.5 Å². The maximum atomic E-state index is 12.7. The fraction of sp³-hybridized carbons (Fsp3) is 0.318. The Balaban J connectivity index is 1.50. The van der Waals surface area contributed by atoms with Crippen LogP contribution in [0.3, 0.4) is 0 Å². The molecule has 1 amide bonds. The Kier molecular flexibility index (Phi) is 7.30. The highest BCUT2D eigenvalue weighted by Crippen LogP contribution is 2.25. The molecule has 0 spiro atoms. The van der Waals surface area contributed by atoms with Gasteiger partial charge in [-0.05, 0) is 57.2 Å². The number of aromatic nitrogens is 2. The summed E-state index contributed by atoms with van der Waals surface area (Å²) in [5.41, 5.74) is 2.36. The lowest BCUT2D eigenvalue weighted by atomic mass is 10.2. The second-order valence-corrected chi connectivity index (χ2v) is 7.41. The number of hydrogen-bond acceptors (Lipinski definition) is 6. The number of nitrogens with one attached hydrogen (secondary N) is 1. The van der Waals surface area contributed by atoms with E-state index in [2.05, 4.69) is 15.3 Å². The third-order valence-electron chi connectivity index (χ3n) is 4.37. The van der Waals surface area contributed by atoms with Crippen molar-refractivity contribution in [1.29, 1.82) is 0 Å². The van der Waals surface area contributed by atoms with Gasteiger partial charge in [0.25, 0.3) is 5.91 Å². The summed E-state index contributed by atoms with van der Waals surface area (Å²) in [6.45, 7) is 5.06. The summed E-state index contributed by atoms with van der Waals surface area (Å²) in [6, 6.07) is 11.6. The molecule has 1 N–H and O–H groups in total. The molecule has 29 heavy (non-hydrogen) atoms. The van der Waals surface area contributed by atoms with Crippen molar-refractivity contribution in [2.75, 3.05) is 19.4 Å². The van der Waals surface area contributed by atoms with Crippen LogP contribution in [0, 0.1) is 13.8 Å². The molecule has 2 heterocycles. The Bertz CT molecular complexity index is 941. The maximum absolute atomic E-state index is 12.7. The number of benzene rings is 1. The van der Waals surface area contributed by atoms with Crippen LogP contribution in [-0.2, 0) is 0 Å². The molecule has 0 fully saturated rings. The van der Waals surface area contributed by atoms with Crippen LogP contribution >= 0.6 is 11.8 Å². The van der Waals surface area contributed by atoms with Crippen LogP contribution < -0.4 is 10.1 Å². The summed E-state index contributed by atoms with van der Waals surface area (Å²) in [6.07, 6.45) is 5.16. The van der Waals surface area contributed by atoms with Gasteiger partial charge in [0.15, 0.2) is 11.6 Å². The van der Waals surface area contributed by atoms with E-state index in [0.29, 0.717) is 41.0 Å². The third kappa shape index (κ3) is 5.60. The molecule has 7 heteroatoms. The van der Waals surface area contributed by atoms with Crippen LogP contribution in [0.4, 0.5) is 0 Å². The second-order valence-electron chi connectivity index (χ2n) is 6.62. The molecule has 0 aliphatic carbocycles. The molecule has 152 valence electrons. The van der Waals surface area contributed by atoms with Gasteiger partial charge in [-0.3, -0.25) is 4.79 Å². The van der Waals surface area contributed by atoms with Crippen molar-refractivity contribution in [3.63, 3.8) is 0 Å². The molecule has 0 atom stereocenters. The first kappa shape index (κ1) is 20.9. The van der Waals surface area contributed by atoms with Gasteiger partial charge >= 0.3 is 0 Å². The molecular weight excluding hydrogens is 386 g/mol. The fourth-order valence-electron chi connectivity index (χ4n) is 2.81. The largest absolute Gasteiger partial charge is 0.494 e. The van der Waals surface area contributed by atoms with Gasteiger partial charge in [-0.1, -0.05) is 17.7 Å². The van der Waals surface area contributed by atoms with Crippen molar-refractivity contribution in [3.8, 4) is 17.3 Å². The fourth-order valence-corrected chi connectivity index (χ4v) is 3.44. The Morgan fingerprint density at radius 2 is 1.93 bits per heavy atom. The van der Waals surface area contributed by atoms with E-state index in [1.807, 2.05) is 44.4 Å². The van der Waals surface area contributed by atoms with E-state index in [1.165, 1.54) is 17.3 Å². The van der Waals surface area contributed by atoms with Gasteiger partial charge in [0.2, 0.25) is 0 Å². The van der Waals surface area contributed by atoms with Gasteiger partial charge in [0.05, 0.1) is 24.1 Å². The molecule has 1 aromatic carbocycles. The zero-order valence-corrected chi connectivity index (χ0v) is 17.7. The minimum absolute atomic E-state index is 0.155. The SMILES string of the molecule is CSc1nc(-c2ccco2)nc(C)c1C(=O)NCCCCOc1ccc(C)cc1. The average Bonchev–Trinajstić information content (AvgIpc) is 3.26. The van der Waals surface area contributed by atoms with E-state index >= 15 is 0 Å².